The number of hydrogen-bond donors (Lipinski definition) is 1. The lowest BCUT2D eigenvalue weighted by atomic mass is 10.1. The van der Waals surface area contributed by atoms with Crippen molar-refractivity contribution in [1.29, 1.82) is 5.26 Å². The monoisotopic (exact) mass is 465 g/mol. The van der Waals surface area contributed by atoms with Gasteiger partial charge in [0.1, 0.15) is 41.0 Å². The number of hydrogen-bond acceptors (Lipinski definition) is 7. The van der Waals surface area contributed by atoms with Crippen LogP contribution in [0.3, 0.4) is 0 Å². The van der Waals surface area contributed by atoms with Crippen LogP contribution in [0.15, 0.2) is 73.1 Å². The highest BCUT2D eigenvalue weighted by atomic mass is 16.5. The van der Waals surface area contributed by atoms with Crippen LogP contribution in [0.2, 0.25) is 0 Å². The van der Waals surface area contributed by atoms with Gasteiger partial charge in [-0.2, -0.15) is 10.4 Å². The van der Waals surface area contributed by atoms with Gasteiger partial charge in [0.25, 0.3) is 5.91 Å². The number of likely N-dealkylation sites (tertiary alicyclic amines) is 1. The third-order valence-electron chi connectivity index (χ3n) is 6.08. The summed E-state index contributed by atoms with van der Waals surface area (Å²) in [6, 6.07) is 18.9. The molecule has 1 atom stereocenters. The van der Waals surface area contributed by atoms with Crippen LogP contribution in [-0.2, 0) is 11.3 Å². The molecule has 1 fully saturated rings. The number of nitriles is 1. The number of ether oxygens (including phenoxy) is 1. The zero-order valence-corrected chi connectivity index (χ0v) is 19.0. The standard InChI is InChI=1S/C26H23N7O2/c1-17(14-27)26(34)32-13-5-6-19(32)15-33-25-22(24(28)29-16-30-25)23(31-33)18-9-11-21(12-10-18)35-20-7-3-2-4-8-20/h2-4,7-12,16,19H,1,5-6,13,15H2,(H2,28,29,30). The van der Waals surface area contributed by atoms with Gasteiger partial charge in [0, 0.05) is 12.1 Å². The van der Waals surface area contributed by atoms with Gasteiger partial charge in [-0.3, -0.25) is 4.79 Å². The molecular formula is C26H23N7O2. The number of aromatic nitrogens is 4. The summed E-state index contributed by atoms with van der Waals surface area (Å²) in [5.74, 6) is 1.45. The highest BCUT2D eigenvalue weighted by Gasteiger charge is 2.31. The summed E-state index contributed by atoms with van der Waals surface area (Å²) < 4.78 is 7.66. The number of nitrogen functional groups attached to an aromatic ring is 1. The molecule has 9 nitrogen and oxygen atoms in total. The van der Waals surface area contributed by atoms with Crippen molar-refractivity contribution in [3.05, 3.63) is 73.1 Å². The minimum absolute atomic E-state index is 0.0627. The van der Waals surface area contributed by atoms with E-state index in [1.54, 1.807) is 9.58 Å². The zero-order chi connectivity index (χ0) is 24.4. The van der Waals surface area contributed by atoms with Gasteiger partial charge in [0.2, 0.25) is 0 Å². The number of carbonyl (C=O) groups is 1. The summed E-state index contributed by atoms with van der Waals surface area (Å²) >= 11 is 0. The van der Waals surface area contributed by atoms with Crippen LogP contribution in [0, 0.1) is 11.3 Å². The number of nitrogens with two attached hydrogens (primary N) is 1. The maximum absolute atomic E-state index is 12.6. The minimum atomic E-state index is -0.338. The molecule has 1 unspecified atom stereocenters. The molecule has 4 aromatic rings. The van der Waals surface area contributed by atoms with Crippen molar-refractivity contribution in [1.82, 2.24) is 24.6 Å². The Balaban J connectivity index is 1.46. The number of anilines is 1. The molecule has 0 bridgehead atoms. The van der Waals surface area contributed by atoms with E-state index in [2.05, 4.69) is 16.5 Å². The molecule has 35 heavy (non-hydrogen) atoms. The van der Waals surface area contributed by atoms with Crippen LogP contribution in [0.1, 0.15) is 12.8 Å². The Morgan fingerprint density at radius 1 is 1.14 bits per heavy atom. The second kappa shape index (κ2) is 9.27. The van der Waals surface area contributed by atoms with E-state index in [4.69, 9.17) is 20.8 Å². The lowest BCUT2D eigenvalue weighted by Gasteiger charge is -2.24. The molecule has 9 heteroatoms. The predicted molar refractivity (Wildman–Crippen MR) is 131 cm³/mol. The minimum Gasteiger partial charge on any atom is -0.457 e. The molecule has 0 spiro atoms. The van der Waals surface area contributed by atoms with Crippen LogP contribution in [0.25, 0.3) is 22.3 Å². The van der Waals surface area contributed by atoms with E-state index in [-0.39, 0.29) is 17.5 Å². The first-order valence-electron chi connectivity index (χ1n) is 11.3. The Morgan fingerprint density at radius 2 is 1.89 bits per heavy atom. The molecule has 1 saturated heterocycles. The second-order valence-electron chi connectivity index (χ2n) is 8.31. The van der Waals surface area contributed by atoms with E-state index in [0.29, 0.717) is 41.4 Å². The summed E-state index contributed by atoms with van der Waals surface area (Å²) in [7, 11) is 0. The number of benzene rings is 2. The Kier molecular flexibility index (Phi) is 5.85. The Morgan fingerprint density at radius 3 is 2.63 bits per heavy atom. The van der Waals surface area contributed by atoms with Crippen LogP contribution in [0.4, 0.5) is 5.82 Å². The number of para-hydroxylation sites is 1. The first-order valence-corrected chi connectivity index (χ1v) is 11.3. The van der Waals surface area contributed by atoms with Crippen molar-refractivity contribution in [2.45, 2.75) is 25.4 Å². The van der Waals surface area contributed by atoms with Gasteiger partial charge in [-0.05, 0) is 49.2 Å². The molecule has 2 aromatic carbocycles. The molecule has 1 amide bonds. The van der Waals surface area contributed by atoms with E-state index in [1.807, 2.05) is 60.7 Å². The van der Waals surface area contributed by atoms with Crippen molar-refractivity contribution in [3.8, 4) is 28.8 Å². The Bertz CT molecular complexity index is 1440. The number of rotatable bonds is 6. The molecule has 1 aliphatic rings. The van der Waals surface area contributed by atoms with Crippen LogP contribution >= 0.6 is 0 Å². The molecule has 0 radical (unpaired) electrons. The average Bonchev–Trinajstić information content (AvgIpc) is 3.50. The number of nitrogens with zero attached hydrogens (tertiary/aromatic N) is 6. The van der Waals surface area contributed by atoms with Gasteiger partial charge < -0.3 is 15.4 Å². The fourth-order valence-electron chi connectivity index (χ4n) is 4.38. The molecular weight excluding hydrogens is 442 g/mol. The zero-order valence-electron chi connectivity index (χ0n) is 19.0. The Labute approximate surface area is 202 Å². The van der Waals surface area contributed by atoms with Crippen molar-refractivity contribution in [2.75, 3.05) is 12.3 Å². The molecule has 0 saturated carbocycles. The van der Waals surface area contributed by atoms with Crippen molar-refractivity contribution in [3.63, 3.8) is 0 Å². The highest BCUT2D eigenvalue weighted by molar-refractivity contribution is 5.98. The molecule has 0 aliphatic carbocycles. The number of amides is 1. The van der Waals surface area contributed by atoms with E-state index in [0.717, 1.165) is 24.2 Å². The maximum Gasteiger partial charge on any atom is 0.264 e. The molecule has 174 valence electrons. The number of fused-ring (bicyclic) bond motifs is 1. The lowest BCUT2D eigenvalue weighted by molar-refractivity contribution is -0.127. The first-order chi connectivity index (χ1) is 17.0. The largest absolute Gasteiger partial charge is 0.457 e. The molecule has 5 rings (SSSR count). The topological polar surface area (TPSA) is 123 Å². The van der Waals surface area contributed by atoms with Crippen LogP contribution < -0.4 is 10.5 Å². The van der Waals surface area contributed by atoms with Crippen molar-refractivity contribution >= 4 is 22.8 Å². The normalized spacial score (nSPS) is 15.2. The predicted octanol–water partition coefficient (Wildman–Crippen LogP) is 3.94. The lowest BCUT2D eigenvalue weighted by Crippen LogP contribution is -2.38. The molecule has 2 aromatic heterocycles. The SMILES string of the molecule is C=C(C#N)C(=O)N1CCCC1Cn1nc(-c2ccc(Oc3ccccc3)cc2)c2c(N)ncnc21. The molecule has 3 heterocycles. The number of carbonyl (C=O) groups excluding carboxylic acids is 1. The average molecular weight is 466 g/mol. The van der Waals surface area contributed by atoms with Gasteiger partial charge in [0.15, 0.2) is 5.65 Å². The Hall–Kier alpha value is -4.71. The van der Waals surface area contributed by atoms with E-state index >= 15 is 0 Å². The summed E-state index contributed by atoms with van der Waals surface area (Å²) in [5.41, 5.74) is 8.27. The van der Waals surface area contributed by atoms with Crippen LogP contribution in [0.5, 0.6) is 11.5 Å². The third kappa shape index (κ3) is 4.29. The van der Waals surface area contributed by atoms with Gasteiger partial charge in [-0.1, -0.05) is 24.8 Å². The first kappa shape index (κ1) is 22.1. The van der Waals surface area contributed by atoms with Gasteiger partial charge in [-0.15, -0.1) is 0 Å². The van der Waals surface area contributed by atoms with Gasteiger partial charge in [0.05, 0.1) is 18.0 Å². The maximum atomic E-state index is 12.6. The summed E-state index contributed by atoms with van der Waals surface area (Å²) in [6.07, 6.45) is 3.06. The van der Waals surface area contributed by atoms with E-state index in [1.165, 1.54) is 6.33 Å². The van der Waals surface area contributed by atoms with Crippen LogP contribution in [-0.4, -0.2) is 43.1 Å². The summed E-state index contributed by atoms with van der Waals surface area (Å²) in [5, 5.41) is 14.6. The van der Waals surface area contributed by atoms with Gasteiger partial charge >= 0.3 is 0 Å². The fourth-order valence-corrected chi connectivity index (χ4v) is 4.38. The highest BCUT2D eigenvalue weighted by Crippen LogP contribution is 2.33. The third-order valence-corrected chi connectivity index (χ3v) is 6.08. The summed E-state index contributed by atoms with van der Waals surface area (Å²) in [6.45, 7) is 4.58. The smallest absolute Gasteiger partial charge is 0.264 e. The van der Waals surface area contributed by atoms with Crippen molar-refractivity contribution < 1.29 is 9.53 Å². The van der Waals surface area contributed by atoms with Crippen molar-refractivity contribution in [2.24, 2.45) is 0 Å². The fraction of sp³-hybridized carbons (Fsp3) is 0.192. The summed E-state index contributed by atoms with van der Waals surface area (Å²) in [4.78, 5) is 22.9. The molecule has 1 aliphatic heterocycles. The molecule has 2 N–H and O–H groups in total. The second-order valence-corrected chi connectivity index (χ2v) is 8.31. The van der Waals surface area contributed by atoms with E-state index in [9.17, 15) is 4.79 Å². The van der Waals surface area contributed by atoms with E-state index < -0.39 is 0 Å². The quantitative estimate of drug-likeness (QED) is 0.338. The van der Waals surface area contributed by atoms with Gasteiger partial charge in [-0.25, -0.2) is 14.6 Å².